The highest BCUT2D eigenvalue weighted by Crippen LogP contribution is 2.36. The number of carbonyl (C=O) groups is 2. The summed E-state index contributed by atoms with van der Waals surface area (Å²) in [4.78, 5) is 30.5. The third kappa shape index (κ3) is 3.71. The van der Waals surface area contributed by atoms with E-state index >= 15 is 0 Å². The molecule has 0 radical (unpaired) electrons. The molecule has 3 aromatic rings. The summed E-state index contributed by atoms with van der Waals surface area (Å²) < 4.78 is 23.8. The number of rotatable bonds is 6. The normalized spacial score (nSPS) is 13.2. The fourth-order valence-corrected chi connectivity index (χ4v) is 4.23. The molecule has 29 heavy (non-hydrogen) atoms. The van der Waals surface area contributed by atoms with E-state index in [1.807, 2.05) is 0 Å². The lowest BCUT2D eigenvalue weighted by atomic mass is 10.1. The first-order valence-corrected chi connectivity index (χ1v) is 9.74. The molecule has 2 heterocycles. The maximum absolute atomic E-state index is 13.2. The van der Waals surface area contributed by atoms with Crippen molar-refractivity contribution in [1.29, 1.82) is 0 Å². The van der Waals surface area contributed by atoms with Crippen molar-refractivity contribution < 1.29 is 23.5 Å². The second-order valence-corrected chi connectivity index (χ2v) is 7.32. The number of aldehydes is 1. The van der Waals surface area contributed by atoms with Crippen LogP contribution in [-0.4, -0.2) is 37.4 Å². The molecule has 0 aliphatic carbocycles. The Kier molecular flexibility index (Phi) is 5.26. The van der Waals surface area contributed by atoms with Gasteiger partial charge in [0.25, 0.3) is 5.91 Å². The van der Waals surface area contributed by atoms with Crippen LogP contribution in [0.3, 0.4) is 0 Å². The third-order valence-corrected chi connectivity index (χ3v) is 5.70. The Hall–Kier alpha value is -3.26. The van der Waals surface area contributed by atoms with Gasteiger partial charge in [-0.25, -0.2) is 9.37 Å². The van der Waals surface area contributed by atoms with E-state index in [9.17, 15) is 14.0 Å². The lowest BCUT2D eigenvalue weighted by molar-refractivity contribution is -0.109. The average Bonchev–Trinajstić information content (AvgIpc) is 3.18. The van der Waals surface area contributed by atoms with Crippen molar-refractivity contribution in [2.45, 2.75) is 6.42 Å². The number of hydrogen-bond acceptors (Lipinski definition) is 6. The largest absolute Gasteiger partial charge is 0.493 e. The zero-order valence-electron chi connectivity index (χ0n) is 15.6. The second kappa shape index (κ2) is 8.00. The Bertz CT molecular complexity index is 1070. The van der Waals surface area contributed by atoms with Crippen LogP contribution in [0.15, 0.2) is 42.5 Å². The van der Waals surface area contributed by atoms with E-state index in [-0.39, 0.29) is 18.3 Å². The summed E-state index contributed by atoms with van der Waals surface area (Å²) in [7, 11) is 1.50. The molecule has 1 amide bonds. The standard InChI is InChI=1S/C21H17FN2O4S/c1-27-18-12-15(6-7-17(18)28-11-10-25)24-9-8-16-19(21(24)26)29-20(23-16)13-2-4-14(22)5-3-13/h2-7,10,12H,8-9,11H2,1H3. The zero-order valence-corrected chi connectivity index (χ0v) is 16.4. The van der Waals surface area contributed by atoms with Crippen molar-refractivity contribution >= 4 is 29.2 Å². The van der Waals surface area contributed by atoms with Crippen LogP contribution < -0.4 is 14.4 Å². The topological polar surface area (TPSA) is 68.7 Å². The molecule has 0 bridgehead atoms. The molecule has 4 rings (SSSR count). The monoisotopic (exact) mass is 412 g/mol. The molecule has 148 valence electrons. The summed E-state index contributed by atoms with van der Waals surface area (Å²) in [6.45, 7) is 0.408. The summed E-state index contributed by atoms with van der Waals surface area (Å²) in [6.07, 6.45) is 1.27. The van der Waals surface area contributed by atoms with Crippen LogP contribution in [0.4, 0.5) is 10.1 Å². The number of hydrogen-bond donors (Lipinski definition) is 0. The number of amides is 1. The molecule has 1 aromatic heterocycles. The van der Waals surface area contributed by atoms with Gasteiger partial charge in [0.2, 0.25) is 0 Å². The van der Waals surface area contributed by atoms with E-state index in [1.54, 1.807) is 35.2 Å². The molecule has 0 unspecified atom stereocenters. The summed E-state index contributed by atoms with van der Waals surface area (Å²) in [5, 5.41) is 0.695. The molecule has 0 fully saturated rings. The maximum atomic E-state index is 13.2. The molecule has 0 spiro atoms. The Morgan fingerprint density at radius 2 is 2.00 bits per heavy atom. The highest BCUT2D eigenvalue weighted by molar-refractivity contribution is 7.17. The molecule has 8 heteroatoms. The van der Waals surface area contributed by atoms with Gasteiger partial charge in [-0.05, 0) is 36.4 Å². The fourth-order valence-electron chi connectivity index (χ4n) is 3.16. The number of anilines is 1. The molecule has 0 saturated carbocycles. The zero-order chi connectivity index (χ0) is 20.4. The third-order valence-electron chi connectivity index (χ3n) is 4.57. The van der Waals surface area contributed by atoms with Crippen molar-refractivity contribution in [3.05, 3.63) is 58.9 Å². The van der Waals surface area contributed by atoms with Gasteiger partial charge in [-0.3, -0.25) is 9.59 Å². The smallest absolute Gasteiger partial charge is 0.270 e. The number of benzene rings is 2. The number of nitrogens with zero attached hydrogens (tertiary/aromatic N) is 2. The van der Waals surface area contributed by atoms with E-state index in [2.05, 4.69) is 4.98 Å². The van der Waals surface area contributed by atoms with Crippen LogP contribution in [-0.2, 0) is 11.2 Å². The second-order valence-electron chi connectivity index (χ2n) is 6.32. The van der Waals surface area contributed by atoms with Crippen molar-refractivity contribution in [1.82, 2.24) is 4.98 Å². The molecule has 0 atom stereocenters. The first kappa shape index (κ1) is 19.1. The molecule has 6 nitrogen and oxygen atoms in total. The molecule has 2 aromatic carbocycles. The minimum Gasteiger partial charge on any atom is -0.493 e. The summed E-state index contributed by atoms with van der Waals surface area (Å²) in [6, 6.07) is 11.2. The number of carbonyl (C=O) groups excluding carboxylic acids is 2. The van der Waals surface area contributed by atoms with Gasteiger partial charge in [0.05, 0.1) is 12.8 Å². The van der Waals surface area contributed by atoms with Gasteiger partial charge in [0, 0.05) is 30.3 Å². The van der Waals surface area contributed by atoms with Gasteiger partial charge in [0.15, 0.2) is 17.8 Å². The van der Waals surface area contributed by atoms with Crippen molar-refractivity contribution in [2.75, 3.05) is 25.2 Å². The Balaban J connectivity index is 1.62. The van der Waals surface area contributed by atoms with Crippen molar-refractivity contribution in [2.24, 2.45) is 0 Å². The number of fused-ring (bicyclic) bond motifs is 1. The molecule has 1 aliphatic heterocycles. The molecule has 1 aliphatic rings. The van der Waals surface area contributed by atoms with Gasteiger partial charge in [-0.15, -0.1) is 11.3 Å². The van der Waals surface area contributed by atoms with E-state index in [0.717, 1.165) is 11.3 Å². The molecular weight excluding hydrogens is 395 g/mol. The SMILES string of the molecule is COc1cc(N2CCc3nc(-c4ccc(F)cc4)sc3C2=O)ccc1OCC=O. The number of aromatic nitrogens is 1. The maximum Gasteiger partial charge on any atom is 0.270 e. The number of halogens is 1. The quantitative estimate of drug-likeness (QED) is 0.577. The van der Waals surface area contributed by atoms with Crippen LogP contribution in [0.5, 0.6) is 11.5 Å². The van der Waals surface area contributed by atoms with Gasteiger partial charge in [0.1, 0.15) is 22.3 Å². The minimum absolute atomic E-state index is 0.0747. The summed E-state index contributed by atoms with van der Waals surface area (Å²) in [5.74, 6) is 0.427. The lowest BCUT2D eigenvalue weighted by Gasteiger charge is -2.26. The Labute approximate surface area is 170 Å². The fraction of sp³-hybridized carbons (Fsp3) is 0.190. The van der Waals surface area contributed by atoms with Crippen molar-refractivity contribution in [3.63, 3.8) is 0 Å². The lowest BCUT2D eigenvalue weighted by Crippen LogP contribution is -2.36. The van der Waals surface area contributed by atoms with Crippen LogP contribution >= 0.6 is 11.3 Å². The highest BCUT2D eigenvalue weighted by atomic mass is 32.1. The van der Waals surface area contributed by atoms with E-state index in [0.29, 0.717) is 46.3 Å². The number of methoxy groups -OCH3 is 1. The number of thiazole rings is 1. The first-order valence-electron chi connectivity index (χ1n) is 8.92. The van der Waals surface area contributed by atoms with Crippen LogP contribution in [0.2, 0.25) is 0 Å². The van der Waals surface area contributed by atoms with Gasteiger partial charge >= 0.3 is 0 Å². The first-order chi connectivity index (χ1) is 14.1. The Morgan fingerprint density at radius 1 is 1.21 bits per heavy atom. The summed E-state index contributed by atoms with van der Waals surface area (Å²) in [5.41, 5.74) is 2.21. The molecule has 0 saturated heterocycles. The number of ether oxygens (including phenoxy) is 2. The van der Waals surface area contributed by atoms with Crippen molar-refractivity contribution in [3.8, 4) is 22.1 Å². The Morgan fingerprint density at radius 3 is 2.72 bits per heavy atom. The summed E-state index contributed by atoms with van der Waals surface area (Å²) >= 11 is 1.31. The van der Waals surface area contributed by atoms with Gasteiger partial charge in [-0.2, -0.15) is 0 Å². The highest BCUT2D eigenvalue weighted by Gasteiger charge is 2.30. The van der Waals surface area contributed by atoms with Gasteiger partial charge < -0.3 is 14.4 Å². The predicted octanol–water partition coefficient (Wildman–Crippen LogP) is 3.74. The average molecular weight is 412 g/mol. The minimum atomic E-state index is -0.313. The van der Waals surface area contributed by atoms with E-state index in [4.69, 9.17) is 9.47 Å². The van der Waals surface area contributed by atoms with Crippen LogP contribution in [0.1, 0.15) is 15.4 Å². The molecule has 0 N–H and O–H groups in total. The predicted molar refractivity (Wildman–Crippen MR) is 107 cm³/mol. The van der Waals surface area contributed by atoms with E-state index < -0.39 is 0 Å². The van der Waals surface area contributed by atoms with E-state index in [1.165, 1.54) is 30.6 Å². The van der Waals surface area contributed by atoms with Gasteiger partial charge in [-0.1, -0.05) is 0 Å². The molecular formula is C21H17FN2O4S. The van der Waals surface area contributed by atoms with Crippen LogP contribution in [0.25, 0.3) is 10.6 Å². The van der Waals surface area contributed by atoms with Crippen LogP contribution in [0, 0.1) is 5.82 Å².